The van der Waals surface area contributed by atoms with Gasteiger partial charge >= 0.3 is 0 Å². The summed E-state index contributed by atoms with van der Waals surface area (Å²) < 4.78 is 5.82. The zero-order chi connectivity index (χ0) is 23.0. The number of aromatic nitrogens is 2. The van der Waals surface area contributed by atoms with Crippen molar-refractivity contribution in [3.8, 4) is 17.1 Å². The third-order valence-electron chi connectivity index (χ3n) is 6.29. The van der Waals surface area contributed by atoms with Crippen LogP contribution >= 0.6 is 0 Å². The van der Waals surface area contributed by atoms with Crippen molar-refractivity contribution in [2.24, 2.45) is 0 Å². The monoisotopic (exact) mass is 446 g/mol. The lowest BCUT2D eigenvalue weighted by atomic mass is 10.1. The predicted molar refractivity (Wildman–Crippen MR) is 131 cm³/mol. The molecule has 1 saturated heterocycles. The summed E-state index contributed by atoms with van der Waals surface area (Å²) in [4.78, 5) is 14.2. The molecule has 0 spiro atoms. The first kappa shape index (κ1) is 23.4. The Kier molecular flexibility index (Phi) is 8.05. The summed E-state index contributed by atoms with van der Waals surface area (Å²) in [5, 5.41) is 9.69. The molecule has 0 radical (unpaired) electrons. The third kappa shape index (κ3) is 5.96. The number of benzene rings is 2. The molecule has 174 valence electrons. The Hall–Kier alpha value is -2.80. The van der Waals surface area contributed by atoms with Gasteiger partial charge in [-0.3, -0.25) is 9.80 Å². The van der Waals surface area contributed by atoms with Crippen LogP contribution in [0, 0.1) is 6.92 Å². The van der Waals surface area contributed by atoms with Gasteiger partial charge in [0.15, 0.2) is 5.82 Å². The van der Waals surface area contributed by atoms with Crippen LogP contribution in [0.2, 0.25) is 0 Å². The van der Waals surface area contributed by atoms with Crippen molar-refractivity contribution < 1.29 is 9.84 Å². The molecular weight excluding hydrogens is 412 g/mol. The topological polar surface area (TPSA) is 61.7 Å². The number of nitrogens with zero attached hydrogens (tertiary/aromatic N) is 4. The first-order valence-corrected chi connectivity index (χ1v) is 11.8. The van der Waals surface area contributed by atoms with E-state index >= 15 is 0 Å². The molecule has 1 aromatic heterocycles. The van der Waals surface area contributed by atoms with E-state index in [4.69, 9.17) is 4.74 Å². The van der Waals surface area contributed by atoms with Crippen molar-refractivity contribution in [2.75, 3.05) is 32.8 Å². The van der Waals surface area contributed by atoms with Crippen molar-refractivity contribution in [1.82, 2.24) is 19.8 Å². The van der Waals surface area contributed by atoms with Crippen molar-refractivity contribution >= 4 is 0 Å². The van der Waals surface area contributed by atoms with Gasteiger partial charge in [0.25, 0.3) is 0 Å². The van der Waals surface area contributed by atoms with E-state index < -0.39 is 0 Å². The molecule has 1 aliphatic rings. The Morgan fingerprint density at radius 2 is 1.76 bits per heavy atom. The van der Waals surface area contributed by atoms with Crippen LogP contribution in [0.1, 0.15) is 30.0 Å². The number of para-hydroxylation sites is 1. The molecule has 1 N–H and O–H groups in total. The third-order valence-corrected chi connectivity index (χ3v) is 6.29. The highest BCUT2D eigenvalue weighted by atomic mass is 16.5. The van der Waals surface area contributed by atoms with Crippen molar-refractivity contribution in [1.29, 1.82) is 0 Å². The summed E-state index contributed by atoms with van der Waals surface area (Å²) in [6.45, 7) is 9.44. The van der Waals surface area contributed by atoms with Gasteiger partial charge in [0.05, 0.1) is 6.61 Å². The number of hydrogen-bond acceptors (Lipinski definition) is 6. The lowest BCUT2D eigenvalue weighted by Crippen LogP contribution is -2.52. The van der Waals surface area contributed by atoms with Gasteiger partial charge in [0.2, 0.25) is 0 Å². The first-order chi connectivity index (χ1) is 16.2. The Labute approximate surface area is 196 Å². The highest BCUT2D eigenvalue weighted by Crippen LogP contribution is 2.24. The van der Waals surface area contributed by atoms with E-state index in [2.05, 4.69) is 51.0 Å². The molecule has 3 aromatic rings. The fourth-order valence-electron chi connectivity index (χ4n) is 4.54. The van der Waals surface area contributed by atoms with Gasteiger partial charge in [-0.15, -0.1) is 0 Å². The average Bonchev–Trinajstić information content (AvgIpc) is 2.83. The minimum absolute atomic E-state index is 0.191. The molecule has 1 aliphatic heterocycles. The SMILES string of the molecule is CCOc1ccccc1CN1CCN(Cc2cnc(-c3ccccc3C)nc2)C[C@H]1CCO. The van der Waals surface area contributed by atoms with E-state index in [0.29, 0.717) is 12.6 Å². The van der Waals surface area contributed by atoms with E-state index in [9.17, 15) is 5.11 Å². The van der Waals surface area contributed by atoms with Gasteiger partial charge < -0.3 is 9.84 Å². The number of piperazine rings is 1. The number of hydrogen-bond donors (Lipinski definition) is 1. The Balaban J connectivity index is 1.40. The van der Waals surface area contributed by atoms with Crippen LogP contribution in [0.5, 0.6) is 5.75 Å². The molecule has 0 aliphatic carbocycles. The van der Waals surface area contributed by atoms with Gasteiger partial charge in [0.1, 0.15) is 5.75 Å². The summed E-state index contributed by atoms with van der Waals surface area (Å²) >= 11 is 0. The number of ether oxygens (including phenoxy) is 1. The van der Waals surface area contributed by atoms with Crippen LogP contribution in [-0.2, 0) is 13.1 Å². The van der Waals surface area contributed by atoms with Crippen molar-refractivity contribution in [3.63, 3.8) is 0 Å². The second kappa shape index (κ2) is 11.4. The molecule has 2 heterocycles. The van der Waals surface area contributed by atoms with Crippen LogP contribution in [0.25, 0.3) is 11.4 Å². The van der Waals surface area contributed by atoms with E-state index in [1.165, 1.54) is 11.1 Å². The summed E-state index contributed by atoms with van der Waals surface area (Å²) in [5.41, 5.74) is 4.58. The normalized spacial score (nSPS) is 17.2. The zero-order valence-corrected chi connectivity index (χ0v) is 19.7. The van der Waals surface area contributed by atoms with Crippen LogP contribution < -0.4 is 4.74 Å². The van der Waals surface area contributed by atoms with Gasteiger partial charge in [-0.1, -0.05) is 42.5 Å². The molecule has 2 aromatic carbocycles. The standard InChI is InChI=1S/C27H34N4O2/c1-3-33-26-11-7-5-9-23(26)19-31-14-13-30(20-24(31)12-15-32)18-22-16-28-27(29-17-22)25-10-6-4-8-21(25)2/h4-11,16-17,24,32H,3,12-15,18-20H2,1-2H3/t24-/m1/s1. The molecule has 4 rings (SSSR count). The molecule has 0 bridgehead atoms. The lowest BCUT2D eigenvalue weighted by molar-refractivity contribution is 0.0493. The quantitative estimate of drug-likeness (QED) is 0.538. The Morgan fingerprint density at radius 3 is 2.52 bits per heavy atom. The average molecular weight is 447 g/mol. The van der Waals surface area contributed by atoms with Gasteiger partial charge in [-0.25, -0.2) is 9.97 Å². The van der Waals surface area contributed by atoms with E-state index in [0.717, 1.165) is 61.8 Å². The van der Waals surface area contributed by atoms with E-state index in [-0.39, 0.29) is 6.61 Å². The van der Waals surface area contributed by atoms with Gasteiger partial charge in [-0.2, -0.15) is 0 Å². The van der Waals surface area contributed by atoms with Crippen LogP contribution in [0.15, 0.2) is 60.9 Å². The molecule has 33 heavy (non-hydrogen) atoms. The second-order valence-corrected chi connectivity index (χ2v) is 8.64. The fraction of sp³-hybridized carbons (Fsp3) is 0.407. The molecule has 1 atom stereocenters. The fourth-order valence-corrected chi connectivity index (χ4v) is 4.54. The molecule has 6 nitrogen and oxygen atoms in total. The molecule has 0 unspecified atom stereocenters. The molecule has 0 saturated carbocycles. The van der Waals surface area contributed by atoms with Crippen LogP contribution in [0.4, 0.5) is 0 Å². The zero-order valence-electron chi connectivity index (χ0n) is 19.7. The molecular formula is C27H34N4O2. The minimum atomic E-state index is 0.191. The van der Waals surface area contributed by atoms with Crippen LogP contribution in [0.3, 0.4) is 0 Å². The van der Waals surface area contributed by atoms with E-state index in [1.807, 2.05) is 43.6 Å². The number of aliphatic hydroxyl groups excluding tert-OH is 1. The Bertz CT molecular complexity index is 1020. The first-order valence-electron chi connectivity index (χ1n) is 11.8. The maximum absolute atomic E-state index is 9.69. The van der Waals surface area contributed by atoms with Gasteiger partial charge in [0, 0.05) is 74.5 Å². The summed E-state index contributed by atoms with van der Waals surface area (Å²) in [6.07, 6.45) is 4.65. The maximum atomic E-state index is 9.69. The number of aliphatic hydroxyl groups is 1. The predicted octanol–water partition coefficient (Wildman–Crippen LogP) is 3.92. The highest BCUT2D eigenvalue weighted by molar-refractivity contribution is 5.59. The number of aryl methyl sites for hydroxylation is 1. The molecule has 1 fully saturated rings. The lowest BCUT2D eigenvalue weighted by Gasteiger charge is -2.41. The summed E-state index contributed by atoms with van der Waals surface area (Å²) in [5.74, 6) is 1.73. The minimum Gasteiger partial charge on any atom is -0.494 e. The smallest absolute Gasteiger partial charge is 0.159 e. The van der Waals surface area contributed by atoms with E-state index in [1.54, 1.807) is 0 Å². The maximum Gasteiger partial charge on any atom is 0.159 e. The molecule has 0 amide bonds. The largest absolute Gasteiger partial charge is 0.494 e. The van der Waals surface area contributed by atoms with Crippen LogP contribution in [-0.4, -0.2) is 63.8 Å². The molecule has 6 heteroatoms. The van der Waals surface area contributed by atoms with Gasteiger partial charge in [-0.05, 0) is 31.9 Å². The Morgan fingerprint density at radius 1 is 1.00 bits per heavy atom. The second-order valence-electron chi connectivity index (χ2n) is 8.64. The van der Waals surface area contributed by atoms with Crippen molar-refractivity contribution in [2.45, 2.75) is 39.4 Å². The highest BCUT2D eigenvalue weighted by Gasteiger charge is 2.27. The summed E-state index contributed by atoms with van der Waals surface area (Å²) in [6, 6.07) is 16.8. The van der Waals surface area contributed by atoms with Crippen molar-refractivity contribution in [3.05, 3.63) is 77.6 Å². The summed E-state index contributed by atoms with van der Waals surface area (Å²) in [7, 11) is 0. The number of rotatable bonds is 9.